The van der Waals surface area contributed by atoms with Gasteiger partial charge in [0.15, 0.2) is 0 Å². The van der Waals surface area contributed by atoms with E-state index in [1.54, 1.807) is 17.0 Å². The topological polar surface area (TPSA) is 53.4 Å². The first-order valence-corrected chi connectivity index (χ1v) is 5.13. The fourth-order valence-corrected chi connectivity index (χ4v) is 1.70. The van der Waals surface area contributed by atoms with Crippen LogP contribution in [0.5, 0.6) is 0 Å². The van der Waals surface area contributed by atoms with E-state index < -0.39 is 6.10 Å². The molecule has 1 saturated heterocycles. The van der Waals surface area contributed by atoms with Crippen molar-refractivity contribution >= 4 is 17.5 Å². The van der Waals surface area contributed by atoms with Crippen molar-refractivity contribution in [2.24, 2.45) is 0 Å². The number of aliphatic hydroxyl groups is 1. The number of halogens is 1. The zero-order valence-corrected chi connectivity index (χ0v) is 8.81. The molecule has 0 aliphatic carbocycles. The van der Waals surface area contributed by atoms with Crippen LogP contribution in [0.3, 0.4) is 0 Å². The quantitative estimate of drug-likeness (QED) is 0.776. The van der Waals surface area contributed by atoms with Gasteiger partial charge < -0.3 is 10.0 Å². The van der Waals surface area contributed by atoms with Crippen LogP contribution in [0.15, 0.2) is 18.3 Å². The molecule has 1 atom stereocenters. The van der Waals surface area contributed by atoms with Crippen molar-refractivity contribution in [3.05, 3.63) is 29.0 Å². The highest BCUT2D eigenvalue weighted by Gasteiger charge is 2.25. The Labute approximate surface area is 92.5 Å². The van der Waals surface area contributed by atoms with Crippen molar-refractivity contribution < 1.29 is 9.90 Å². The van der Waals surface area contributed by atoms with E-state index in [0.717, 1.165) is 0 Å². The van der Waals surface area contributed by atoms with Crippen LogP contribution in [-0.4, -0.2) is 40.1 Å². The summed E-state index contributed by atoms with van der Waals surface area (Å²) in [6, 6.07) is 3.23. The minimum atomic E-state index is -0.402. The number of nitrogens with zero attached hydrogens (tertiary/aromatic N) is 2. The molecule has 2 rings (SSSR count). The molecule has 1 N–H and O–H groups in total. The lowest BCUT2D eigenvalue weighted by molar-refractivity contribution is 0.0759. The zero-order valence-electron chi connectivity index (χ0n) is 8.06. The molecule has 1 aromatic rings. The van der Waals surface area contributed by atoms with Gasteiger partial charge in [0.05, 0.1) is 11.1 Å². The largest absolute Gasteiger partial charge is 0.391 e. The summed E-state index contributed by atoms with van der Waals surface area (Å²) >= 11 is 5.67. The van der Waals surface area contributed by atoms with Gasteiger partial charge in [0.25, 0.3) is 5.91 Å². The first kappa shape index (κ1) is 10.4. The summed E-state index contributed by atoms with van der Waals surface area (Å²) in [7, 11) is 0. The van der Waals surface area contributed by atoms with E-state index in [2.05, 4.69) is 4.98 Å². The van der Waals surface area contributed by atoms with Gasteiger partial charge in [0, 0.05) is 19.3 Å². The molecule has 1 fully saturated rings. The van der Waals surface area contributed by atoms with Crippen LogP contribution in [-0.2, 0) is 0 Å². The standard InChI is InChI=1S/C10H11ClN2O2/c11-7-1-2-9(12-5-7)10(15)13-4-3-8(14)6-13/h1-2,5,8,14H,3-4,6H2/t8-/m0/s1. The first-order chi connectivity index (χ1) is 7.16. The minimum absolute atomic E-state index is 0.150. The third-order valence-electron chi connectivity index (χ3n) is 2.40. The lowest BCUT2D eigenvalue weighted by atomic mass is 10.3. The predicted octanol–water partition coefficient (Wildman–Crippen LogP) is 0.942. The molecule has 0 spiro atoms. The number of rotatable bonds is 1. The van der Waals surface area contributed by atoms with Gasteiger partial charge in [-0.3, -0.25) is 4.79 Å². The Hall–Kier alpha value is -1.13. The second-order valence-electron chi connectivity index (χ2n) is 3.56. The Morgan fingerprint density at radius 2 is 2.40 bits per heavy atom. The van der Waals surface area contributed by atoms with Crippen LogP contribution in [0, 0.1) is 0 Å². The fourth-order valence-electron chi connectivity index (χ4n) is 1.59. The van der Waals surface area contributed by atoms with Crippen molar-refractivity contribution in [2.75, 3.05) is 13.1 Å². The number of aliphatic hydroxyl groups excluding tert-OH is 1. The van der Waals surface area contributed by atoms with E-state index >= 15 is 0 Å². The van der Waals surface area contributed by atoms with Crippen molar-refractivity contribution in [3.8, 4) is 0 Å². The number of hydrogen-bond acceptors (Lipinski definition) is 3. The molecule has 0 saturated carbocycles. The number of carbonyl (C=O) groups is 1. The Balaban J connectivity index is 2.11. The van der Waals surface area contributed by atoms with Gasteiger partial charge >= 0.3 is 0 Å². The van der Waals surface area contributed by atoms with Crippen LogP contribution in [0.2, 0.25) is 5.02 Å². The predicted molar refractivity (Wildman–Crippen MR) is 55.8 cm³/mol. The van der Waals surface area contributed by atoms with E-state index in [9.17, 15) is 9.90 Å². The summed E-state index contributed by atoms with van der Waals surface area (Å²) in [4.78, 5) is 17.4. The zero-order chi connectivity index (χ0) is 10.8. The summed E-state index contributed by atoms with van der Waals surface area (Å²) in [5, 5.41) is 9.81. The van der Waals surface area contributed by atoms with Crippen molar-refractivity contribution in [3.63, 3.8) is 0 Å². The Kier molecular flexibility index (Phi) is 2.88. The number of aromatic nitrogens is 1. The molecular formula is C10H11ClN2O2. The van der Waals surface area contributed by atoms with Gasteiger partial charge in [-0.15, -0.1) is 0 Å². The maximum atomic E-state index is 11.8. The Morgan fingerprint density at radius 1 is 1.60 bits per heavy atom. The smallest absolute Gasteiger partial charge is 0.272 e. The van der Waals surface area contributed by atoms with Gasteiger partial charge in [-0.25, -0.2) is 4.98 Å². The van der Waals surface area contributed by atoms with Crippen LogP contribution in [0.25, 0.3) is 0 Å². The van der Waals surface area contributed by atoms with Crippen LogP contribution < -0.4 is 0 Å². The van der Waals surface area contributed by atoms with Gasteiger partial charge in [-0.05, 0) is 18.6 Å². The van der Waals surface area contributed by atoms with Gasteiger partial charge in [-0.1, -0.05) is 11.6 Å². The second-order valence-corrected chi connectivity index (χ2v) is 3.99. The Morgan fingerprint density at radius 3 is 2.93 bits per heavy atom. The van der Waals surface area contributed by atoms with E-state index in [1.165, 1.54) is 6.20 Å². The monoisotopic (exact) mass is 226 g/mol. The van der Waals surface area contributed by atoms with Crippen LogP contribution in [0.4, 0.5) is 0 Å². The average molecular weight is 227 g/mol. The van der Waals surface area contributed by atoms with E-state index in [4.69, 9.17) is 11.6 Å². The third kappa shape index (κ3) is 2.27. The summed E-state index contributed by atoms with van der Waals surface area (Å²) in [5.74, 6) is -0.150. The van der Waals surface area contributed by atoms with Crippen molar-refractivity contribution in [2.45, 2.75) is 12.5 Å². The van der Waals surface area contributed by atoms with E-state index in [-0.39, 0.29) is 5.91 Å². The highest BCUT2D eigenvalue weighted by atomic mass is 35.5. The molecule has 1 aromatic heterocycles. The molecule has 5 heteroatoms. The van der Waals surface area contributed by atoms with Crippen LogP contribution >= 0.6 is 11.6 Å². The highest BCUT2D eigenvalue weighted by molar-refractivity contribution is 6.30. The lowest BCUT2D eigenvalue weighted by Gasteiger charge is -2.14. The van der Waals surface area contributed by atoms with Gasteiger partial charge in [-0.2, -0.15) is 0 Å². The molecule has 2 heterocycles. The molecule has 80 valence electrons. The molecule has 4 nitrogen and oxygen atoms in total. The van der Waals surface area contributed by atoms with E-state index in [0.29, 0.717) is 30.2 Å². The second kappa shape index (κ2) is 4.16. The number of amides is 1. The van der Waals surface area contributed by atoms with Gasteiger partial charge in [0.2, 0.25) is 0 Å². The fraction of sp³-hybridized carbons (Fsp3) is 0.400. The summed E-state index contributed by atoms with van der Waals surface area (Å²) < 4.78 is 0. The molecular weight excluding hydrogens is 216 g/mol. The third-order valence-corrected chi connectivity index (χ3v) is 2.62. The highest BCUT2D eigenvalue weighted by Crippen LogP contribution is 2.13. The van der Waals surface area contributed by atoms with Crippen LogP contribution in [0.1, 0.15) is 16.9 Å². The number of β-amino-alcohol motifs (C(OH)–C–C–N with tert-alkyl or cyclic N) is 1. The lowest BCUT2D eigenvalue weighted by Crippen LogP contribution is -2.30. The number of carbonyl (C=O) groups excluding carboxylic acids is 1. The SMILES string of the molecule is O=C(c1ccc(Cl)cn1)N1CC[C@H](O)C1. The minimum Gasteiger partial charge on any atom is -0.391 e. The maximum absolute atomic E-state index is 11.8. The van der Waals surface area contributed by atoms with Crippen molar-refractivity contribution in [1.29, 1.82) is 0 Å². The molecule has 1 aliphatic heterocycles. The molecule has 0 aromatic carbocycles. The average Bonchev–Trinajstić information content (AvgIpc) is 2.65. The Bertz CT molecular complexity index is 366. The maximum Gasteiger partial charge on any atom is 0.272 e. The molecule has 1 aliphatic rings. The molecule has 15 heavy (non-hydrogen) atoms. The summed E-state index contributed by atoms with van der Waals surface area (Å²) in [6.45, 7) is 0.980. The van der Waals surface area contributed by atoms with Gasteiger partial charge in [0.1, 0.15) is 5.69 Å². The molecule has 0 unspecified atom stereocenters. The number of hydrogen-bond donors (Lipinski definition) is 1. The molecule has 1 amide bonds. The molecule has 0 radical (unpaired) electrons. The van der Waals surface area contributed by atoms with E-state index in [1.807, 2.05) is 0 Å². The summed E-state index contributed by atoms with van der Waals surface area (Å²) in [5.41, 5.74) is 0.369. The normalized spacial score (nSPS) is 20.7. The van der Waals surface area contributed by atoms with Crippen molar-refractivity contribution in [1.82, 2.24) is 9.88 Å². The summed E-state index contributed by atoms with van der Waals surface area (Å²) in [6.07, 6.45) is 1.68. The number of pyridine rings is 1. The number of likely N-dealkylation sites (tertiary alicyclic amines) is 1. The first-order valence-electron chi connectivity index (χ1n) is 4.76. The molecule has 0 bridgehead atoms.